The molecule has 2 aromatic carbocycles. The van der Waals surface area contributed by atoms with Gasteiger partial charge in [0.1, 0.15) is 10.7 Å². The number of anilines is 3. The zero-order valence-corrected chi connectivity index (χ0v) is 20.5. The number of rotatable bonds is 9. The summed E-state index contributed by atoms with van der Waals surface area (Å²) in [5.41, 5.74) is 1.89. The monoisotopic (exact) mass is 516 g/mol. The van der Waals surface area contributed by atoms with Crippen molar-refractivity contribution in [3.05, 3.63) is 76.4 Å². The highest BCUT2D eigenvalue weighted by molar-refractivity contribution is 7.93. The maximum Gasteiger partial charge on any atom is 0.283 e. The van der Waals surface area contributed by atoms with E-state index in [2.05, 4.69) is 21.9 Å². The van der Waals surface area contributed by atoms with Crippen molar-refractivity contribution in [2.45, 2.75) is 31.1 Å². The second-order valence-electron chi connectivity index (χ2n) is 7.50. The van der Waals surface area contributed by atoms with Gasteiger partial charge < -0.3 is 5.32 Å². The molecule has 0 fully saturated rings. The van der Waals surface area contributed by atoms with Gasteiger partial charge in [0.2, 0.25) is 0 Å². The maximum atomic E-state index is 13.0. The third-order valence-electron chi connectivity index (χ3n) is 5.13. The number of sulfonamides is 1. The largest absolute Gasteiger partial charge is 0.350 e. The van der Waals surface area contributed by atoms with Gasteiger partial charge >= 0.3 is 0 Å². The maximum absolute atomic E-state index is 13.0. The molecule has 4 rings (SSSR count). The Kier molecular flexibility index (Phi) is 7.01. The molecule has 0 atom stereocenters. The number of aromatic nitrogens is 1. The van der Waals surface area contributed by atoms with Crippen LogP contribution in [0, 0.1) is 0 Å². The van der Waals surface area contributed by atoms with Gasteiger partial charge in [0, 0.05) is 17.3 Å². The van der Waals surface area contributed by atoms with Gasteiger partial charge in [-0.05, 0) is 54.8 Å². The summed E-state index contributed by atoms with van der Waals surface area (Å²) < 4.78 is 27.4. The highest BCUT2D eigenvalue weighted by Crippen LogP contribution is 2.31. The third-order valence-corrected chi connectivity index (χ3v) is 7.65. The van der Waals surface area contributed by atoms with Crippen molar-refractivity contribution in [3.8, 4) is 0 Å². The minimum Gasteiger partial charge on any atom is -0.350 e. The minimum absolute atomic E-state index is 0.0203. The summed E-state index contributed by atoms with van der Waals surface area (Å²) in [6.45, 7) is 2.12. The molecule has 8 nitrogen and oxygen atoms in total. The average molecular weight is 517 g/mol. The highest BCUT2D eigenvalue weighted by Gasteiger charge is 2.39. The van der Waals surface area contributed by atoms with Crippen LogP contribution < -0.4 is 14.9 Å². The van der Waals surface area contributed by atoms with Crippen LogP contribution in [0.1, 0.15) is 25.3 Å². The van der Waals surface area contributed by atoms with Crippen LogP contribution in [0.2, 0.25) is 0 Å². The first-order valence-corrected chi connectivity index (χ1v) is 13.2. The number of carbonyl (C=O) groups excluding carboxylic acids is 2. The predicted octanol–water partition coefficient (Wildman–Crippen LogP) is 4.72. The minimum atomic E-state index is -3.81. The number of hydrogen-bond acceptors (Lipinski definition) is 7. The summed E-state index contributed by atoms with van der Waals surface area (Å²) in [6.07, 6.45) is 4.56. The van der Waals surface area contributed by atoms with Gasteiger partial charge in [-0.25, -0.2) is 18.3 Å². The molecular weight excluding hydrogens is 496 g/mol. The van der Waals surface area contributed by atoms with Crippen molar-refractivity contribution in [3.63, 3.8) is 0 Å². The average Bonchev–Trinajstić information content (AvgIpc) is 3.40. The molecule has 34 heavy (non-hydrogen) atoms. The molecule has 0 unspecified atom stereocenters. The van der Waals surface area contributed by atoms with E-state index in [0.717, 1.165) is 41.1 Å². The molecule has 1 aliphatic rings. The van der Waals surface area contributed by atoms with Gasteiger partial charge in [-0.2, -0.15) is 0 Å². The van der Waals surface area contributed by atoms with E-state index in [1.165, 1.54) is 30.5 Å². The number of benzene rings is 2. The summed E-state index contributed by atoms with van der Waals surface area (Å²) in [5.74, 6) is -1.21. The van der Waals surface area contributed by atoms with E-state index in [1.54, 1.807) is 17.5 Å². The normalized spacial score (nSPS) is 14.1. The van der Waals surface area contributed by atoms with Gasteiger partial charge in [-0.3, -0.25) is 14.3 Å². The fourth-order valence-corrected chi connectivity index (χ4v) is 5.35. The number of unbranched alkanes of at least 4 members (excludes halogenated alkanes) is 1. The molecule has 0 spiro atoms. The lowest BCUT2D eigenvalue weighted by atomic mass is 10.1. The van der Waals surface area contributed by atoms with Gasteiger partial charge in [0.25, 0.3) is 21.8 Å². The SMILES string of the molecule is CCCCc1ccc(N2C(=O)C(Cl)=C(Nc3ccc(S(=O)(=O)Nc4nccs4)cc3)C2=O)cc1. The second kappa shape index (κ2) is 9.96. The van der Waals surface area contributed by atoms with Gasteiger partial charge in [0.15, 0.2) is 5.13 Å². The van der Waals surface area contributed by atoms with Crippen molar-refractivity contribution in [1.82, 2.24) is 4.98 Å². The Morgan fingerprint density at radius 2 is 1.74 bits per heavy atom. The van der Waals surface area contributed by atoms with Crippen LogP contribution in [0.25, 0.3) is 0 Å². The number of imide groups is 1. The van der Waals surface area contributed by atoms with E-state index in [4.69, 9.17) is 11.6 Å². The zero-order valence-electron chi connectivity index (χ0n) is 18.1. The van der Waals surface area contributed by atoms with E-state index in [9.17, 15) is 18.0 Å². The molecule has 3 aromatic rings. The number of amides is 2. The summed E-state index contributed by atoms with van der Waals surface area (Å²) in [4.78, 5) is 30.6. The van der Waals surface area contributed by atoms with Crippen LogP contribution in [0.15, 0.2) is 75.7 Å². The molecule has 0 saturated heterocycles. The van der Waals surface area contributed by atoms with E-state index in [-0.39, 0.29) is 20.8 Å². The van der Waals surface area contributed by atoms with Crippen LogP contribution in [0.4, 0.5) is 16.5 Å². The summed E-state index contributed by atoms with van der Waals surface area (Å²) >= 11 is 7.36. The molecule has 176 valence electrons. The summed E-state index contributed by atoms with van der Waals surface area (Å²) in [5, 5.41) is 4.53. The highest BCUT2D eigenvalue weighted by atomic mass is 35.5. The van der Waals surface area contributed by atoms with E-state index >= 15 is 0 Å². The lowest BCUT2D eigenvalue weighted by molar-refractivity contribution is -0.120. The number of hydrogen-bond donors (Lipinski definition) is 2. The lowest BCUT2D eigenvalue weighted by Crippen LogP contribution is -2.32. The molecule has 2 amide bonds. The summed E-state index contributed by atoms with van der Waals surface area (Å²) in [7, 11) is -3.81. The van der Waals surface area contributed by atoms with E-state index in [1.807, 2.05) is 12.1 Å². The Balaban J connectivity index is 1.48. The lowest BCUT2D eigenvalue weighted by Gasteiger charge is -2.15. The van der Waals surface area contributed by atoms with E-state index in [0.29, 0.717) is 11.4 Å². The second-order valence-corrected chi connectivity index (χ2v) is 10.5. The fourth-order valence-electron chi connectivity index (χ4n) is 3.35. The number of nitrogens with one attached hydrogen (secondary N) is 2. The molecule has 0 bridgehead atoms. The first kappa shape index (κ1) is 23.9. The van der Waals surface area contributed by atoms with Crippen molar-refractivity contribution >= 4 is 61.3 Å². The van der Waals surface area contributed by atoms with Crippen LogP contribution >= 0.6 is 22.9 Å². The fraction of sp³-hybridized carbons (Fsp3) is 0.174. The third kappa shape index (κ3) is 4.98. The van der Waals surface area contributed by atoms with Crippen LogP contribution in [-0.2, 0) is 26.0 Å². The predicted molar refractivity (Wildman–Crippen MR) is 133 cm³/mol. The summed E-state index contributed by atoms with van der Waals surface area (Å²) in [6, 6.07) is 13.0. The first-order chi connectivity index (χ1) is 16.3. The number of carbonyl (C=O) groups is 2. The molecule has 1 aliphatic heterocycles. The van der Waals surface area contributed by atoms with Crippen LogP contribution in [-0.4, -0.2) is 25.2 Å². The molecule has 2 heterocycles. The Bertz CT molecular complexity index is 1340. The molecule has 0 radical (unpaired) electrons. The topological polar surface area (TPSA) is 108 Å². The Hall–Kier alpha value is -3.21. The van der Waals surface area contributed by atoms with Gasteiger partial charge in [-0.15, -0.1) is 11.3 Å². The molecule has 1 aromatic heterocycles. The van der Waals surface area contributed by atoms with Crippen LogP contribution in [0.5, 0.6) is 0 Å². The quantitative estimate of drug-likeness (QED) is 0.398. The van der Waals surface area contributed by atoms with Crippen molar-refractivity contribution < 1.29 is 18.0 Å². The van der Waals surface area contributed by atoms with Gasteiger partial charge in [-0.1, -0.05) is 37.1 Å². The van der Waals surface area contributed by atoms with E-state index < -0.39 is 21.8 Å². The number of aryl methyl sites for hydroxylation is 1. The van der Waals surface area contributed by atoms with Crippen molar-refractivity contribution in [2.75, 3.05) is 14.9 Å². The molecule has 2 N–H and O–H groups in total. The molecule has 0 aliphatic carbocycles. The Labute approximate surface area is 206 Å². The smallest absolute Gasteiger partial charge is 0.283 e. The number of nitrogens with zero attached hydrogens (tertiary/aromatic N) is 2. The van der Waals surface area contributed by atoms with Gasteiger partial charge in [0.05, 0.1) is 10.6 Å². The molecule has 0 saturated carbocycles. The molecular formula is C23H21ClN4O4S2. The van der Waals surface area contributed by atoms with Crippen LogP contribution in [0.3, 0.4) is 0 Å². The molecule has 11 heteroatoms. The van der Waals surface area contributed by atoms with Crippen molar-refractivity contribution in [2.24, 2.45) is 0 Å². The number of halogens is 1. The van der Waals surface area contributed by atoms with Crippen molar-refractivity contribution in [1.29, 1.82) is 0 Å². The Morgan fingerprint density at radius 3 is 2.35 bits per heavy atom. The first-order valence-electron chi connectivity index (χ1n) is 10.5. The Morgan fingerprint density at radius 1 is 1.03 bits per heavy atom. The standard InChI is InChI=1S/C23H21ClN4O4S2/c1-2-3-4-15-5-9-17(10-6-15)28-21(29)19(24)20(22(28)30)26-16-7-11-18(12-8-16)34(31,32)27-23-25-13-14-33-23/h5-14,26H,2-4H2,1H3,(H,25,27). The number of thiazole rings is 1. The zero-order chi connectivity index (χ0) is 24.3.